The van der Waals surface area contributed by atoms with Crippen molar-refractivity contribution in [3.63, 3.8) is 0 Å². The van der Waals surface area contributed by atoms with Crippen LogP contribution in [-0.4, -0.2) is 41.1 Å². The first-order valence-corrected chi connectivity index (χ1v) is 6.33. The fourth-order valence-electron chi connectivity index (χ4n) is 2.39. The van der Waals surface area contributed by atoms with Crippen molar-refractivity contribution >= 4 is 12.0 Å². The lowest BCUT2D eigenvalue weighted by atomic mass is 10.1. The summed E-state index contributed by atoms with van der Waals surface area (Å²) in [5.74, 6) is 0.0895. The van der Waals surface area contributed by atoms with Gasteiger partial charge >= 0.3 is 12.0 Å². The number of carboxylic acid groups (broad SMARTS) is 1. The molecule has 2 N–H and O–H groups in total. The van der Waals surface area contributed by atoms with Gasteiger partial charge in [0.05, 0.1) is 6.42 Å². The predicted octanol–water partition coefficient (Wildman–Crippen LogP) is 1.29. The monoisotopic (exact) mass is 240 g/mol. The Balaban J connectivity index is 1.84. The number of likely N-dealkylation sites (tertiary alicyclic amines) is 1. The van der Waals surface area contributed by atoms with Crippen LogP contribution in [0.3, 0.4) is 0 Å². The van der Waals surface area contributed by atoms with E-state index in [2.05, 4.69) is 12.2 Å². The average Bonchev–Trinajstić information content (AvgIpc) is 2.99. The van der Waals surface area contributed by atoms with Crippen molar-refractivity contribution in [3.8, 4) is 0 Å². The second-order valence-electron chi connectivity index (χ2n) is 5.33. The van der Waals surface area contributed by atoms with Crippen LogP contribution in [0.25, 0.3) is 0 Å². The van der Waals surface area contributed by atoms with Gasteiger partial charge in [-0.25, -0.2) is 4.79 Å². The molecule has 1 saturated heterocycles. The maximum Gasteiger partial charge on any atom is 0.317 e. The number of aliphatic carboxylic acids is 1. The highest BCUT2D eigenvalue weighted by atomic mass is 16.4. The fourth-order valence-corrected chi connectivity index (χ4v) is 2.39. The van der Waals surface area contributed by atoms with E-state index >= 15 is 0 Å². The number of hydrogen-bond donors (Lipinski definition) is 2. The Bertz CT molecular complexity index is 315. The lowest BCUT2D eigenvalue weighted by Crippen LogP contribution is -2.45. The Morgan fingerprint density at radius 1 is 1.41 bits per heavy atom. The predicted molar refractivity (Wildman–Crippen MR) is 62.7 cm³/mol. The van der Waals surface area contributed by atoms with Gasteiger partial charge < -0.3 is 15.3 Å². The molecule has 0 bridgehead atoms. The maximum absolute atomic E-state index is 11.9. The molecule has 2 unspecified atom stereocenters. The molecule has 0 radical (unpaired) electrons. The van der Waals surface area contributed by atoms with Crippen molar-refractivity contribution in [2.75, 3.05) is 13.1 Å². The van der Waals surface area contributed by atoms with E-state index in [-0.39, 0.29) is 18.5 Å². The van der Waals surface area contributed by atoms with Crippen molar-refractivity contribution in [2.45, 2.75) is 38.6 Å². The molecule has 0 spiro atoms. The Labute approximate surface area is 101 Å². The van der Waals surface area contributed by atoms with Gasteiger partial charge in [-0.15, -0.1) is 0 Å². The van der Waals surface area contributed by atoms with Crippen LogP contribution in [0.2, 0.25) is 0 Å². The first-order chi connectivity index (χ1) is 8.06. The molecule has 1 saturated carbocycles. The summed E-state index contributed by atoms with van der Waals surface area (Å²) in [6, 6.07) is -0.275. The molecule has 0 aromatic rings. The highest BCUT2D eigenvalue weighted by molar-refractivity contribution is 5.76. The molecular weight excluding hydrogens is 220 g/mol. The zero-order chi connectivity index (χ0) is 12.4. The molecule has 2 aliphatic rings. The van der Waals surface area contributed by atoms with Crippen LogP contribution in [0.4, 0.5) is 4.79 Å². The van der Waals surface area contributed by atoms with Crippen LogP contribution in [0.1, 0.15) is 32.6 Å². The normalized spacial score (nSPS) is 25.7. The second-order valence-corrected chi connectivity index (χ2v) is 5.33. The van der Waals surface area contributed by atoms with Gasteiger partial charge in [0, 0.05) is 19.1 Å². The highest BCUT2D eigenvalue weighted by Crippen LogP contribution is 2.34. The minimum atomic E-state index is -0.836. The molecule has 1 aliphatic heterocycles. The quantitative estimate of drug-likeness (QED) is 0.778. The summed E-state index contributed by atoms with van der Waals surface area (Å²) >= 11 is 0. The molecule has 1 heterocycles. The molecule has 0 aromatic heterocycles. The van der Waals surface area contributed by atoms with E-state index in [0.717, 1.165) is 32.4 Å². The number of urea groups is 1. The molecule has 2 fully saturated rings. The fraction of sp³-hybridized carbons (Fsp3) is 0.833. The SMILES string of the molecule is CC1CCN(C(=O)NC(CC(=O)O)C2CC2)C1. The van der Waals surface area contributed by atoms with Crippen LogP contribution < -0.4 is 5.32 Å². The number of hydrogen-bond acceptors (Lipinski definition) is 2. The van der Waals surface area contributed by atoms with E-state index in [1.54, 1.807) is 4.90 Å². The van der Waals surface area contributed by atoms with E-state index in [4.69, 9.17) is 5.11 Å². The van der Waals surface area contributed by atoms with Crippen molar-refractivity contribution < 1.29 is 14.7 Å². The number of nitrogens with one attached hydrogen (secondary N) is 1. The number of rotatable bonds is 4. The van der Waals surface area contributed by atoms with Crippen molar-refractivity contribution in [2.24, 2.45) is 11.8 Å². The van der Waals surface area contributed by atoms with Gasteiger partial charge in [-0.1, -0.05) is 6.92 Å². The topological polar surface area (TPSA) is 69.6 Å². The molecule has 1 aliphatic carbocycles. The molecule has 2 amide bonds. The van der Waals surface area contributed by atoms with Crippen LogP contribution in [-0.2, 0) is 4.79 Å². The van der Waals surface area contributed by atoms with Crippen LogP contribution >= 0.6 is 0 Å². The van der Waals surface area contributed by atoms with Crippen LogP contribution in [0, 0.1) is 11.8 Å². The van der Waals surface area contributed by atoms with E-state index < -0.39 is 5.97 Å². The third-order valence-electron chi connectivity index (χ3n) is 3.61. The molecule has 2 rings (SSSR count). The zero-order valence-electron chi connectivity index (χ0n) is 10.2. The van der Waals surface area contributed by atoms with Gasteiger partial charge in [-0.05, 0) is 31.1 Å². The number of nitrogens with zero attached hydrogens (tertiary/aromatic N) is 1. The van der Waals surface area contributed by atoms with Gasteiger partial charge in [0.25, 0.3) is 0 Å². The summed E-state index contributed by atoms with van der Waals surface area (Å²) < 4.78 is 0. The second kappa shape index (κ2) is 4.94. The van der Waals surface area contributed by atoms with Crippen LogP contribution in [0.15, 0.2) is 0 Å². The third kappa shape index (κ3) is 3.35. The molecule has 96 valence electrons. The Morgan fingerprint density at radius 3 is 2.59 bits per heavy atom. The van der Waals surface area contributed by atoms with Gasteiger partial charge in [0.2, 0.25) is 0 Å². The number of amides is 2. The van der Waals surface area contributed by atoms with Gasteiger partial charge in [0.1, 0.15) is 0 Å². The van der Waals surface area contributed by atoms with Gasteiger partial charge in [-0.2, -0.15) is 0 Å². The minimum Gasteiger partial charge on any atom is -0.481 e. The summed E-state index contributed by atoms with van der Waals surface area (Å²) in [4.78, 5) is 24.5. The standard InChI is InChI=1S/C12H20N2O3/c1-8-4-5-14(7-8)12(17)13-10(6-11(15)16)9-2-3-9/h8-10H,2-7H2,1H3,(H,13,17)(H,15,16). The summed E-state index contributed by atoms with van der Waals surface area (Å²) in [6.45, 7) is 3.71. The third-order valence-corrected chi connectivity index (χ3v) is 3.61. The van der Waals surface area contributed by atoms with Crippen LogP contribution in [0.5, 0.6) is 0 Å². The zero-order valence-corrected chi connectivity index (χ0v) is 10.2. The van der Waals surface area contributed by atoms with E-state index in [9.17, 15) is 9.59 Å². The van der Waals surface area contributed by atoms with Crippen molar-refractivity contribution in [1.82, 2.24) is 10.2 Å². The van der Waals surface area contributed by atoms with E-state index in [1.807, 2.05) is 0 Å². The number of carbonyl (C=O) groups is 2. The van der Waals surface area contributed by atoms with Crippen molar-refractivity contribution in [3.05, 3.63) is 0 Å². The Kier molecular flexibility index (Phi) is 3.54. The van der Waals surface area contributed by atoms with Gasteiger partial charge in [-0.3, -0.25) is 4.79 Å². The highest BCUT2D eigenvalue weighted by Gasteiger charge is 2.35. The first kappa shape index (κ1) is 12.2. The minimum absolute atomic E-state index is 0.0415. The number of carbonyl (C=O) groups excluding carboxylic acids is 1. The lowest BCUT2D eigenvalue weighted by molar-refractivity contribution is -0.137. The lowest BCUT2D eigenvalue weighted by Gasteiger charge is -2.22. The molecular formula is C12H20N2O3. The first-order valence-electron chi connectivity index (χ1n) is 6.33. The number of carboxylic acids is 1. The summed E-state index contributed by atoms with van der Waals surface area (Å²) in [7, 11) is 0. The Morgan fingerprint density at radius 2 is 2.12 bits per heavy atom. The largest absolute Gasteiger partial charge is 0.481 e. The molecule has 2 atom stereocenters. The molecule has 17 heavy (non-hydrogen) atoms. The molecule has 0 aromatic carbocycles. The van der Waals surface area contributed by atoms with Crippen molar-refractivity contribution in [1.29, 1.82) is 0 Å². The maximum atomic E-state index is 11.9. The smallest absolute Gasteiger partial charge is 0.317 e. The molecule has 5 heteroatoms. The van der Waals surface area contributed by atoms with E-state index in [0.29, 0.717) is 11.8 Å². The average molecular weight is 240 g/mol. The molecule has 5 nitrogen and oxygen atoms in total. The summed E-state index contributed by atoms with van der Waals surface area (Å²) in [5, 5.41) is 11.7. The van der Waals surface area contributed by atoms with E-state index in [1.165, 1.54) is 0 Å². The summed E-state index contributed by atoms with van der Waals surface area (Å²) in [6.07, 6.45) is 3.16. The summed E-state index contributed by atoms with van der Waals surface area (Å²) in [5.41, 5.74) is 0. The van der Waals surface area contributed by atoms with Gasteiger partial charge in [0.15, 0.2) is 0 Å². The Hall–Kier alpha value is -1.26.